The van der Waals surface area contributed by atoms with Crippen molar-refractivity contribution in [3.8, 4) is 0 Å². The second-order valence-corrected chi connectivity index (χ2v) is 5.82. The van der Waals surface area contributed by atoms with Gasteiger partial charge in [0.15, 0.2) is 5.96 Å². The van der Waals surface area contributed by atoms with E-state index in [4.69, 9.17) is 10.2 Å². The maximum absolute atomic E-state index is 13.5. The molecule has 2 rings (SSSR count). The number of hydrogen-bond donors (Lipinski definition) is 2. The van der Waals surface area contributed by atoms with Crippen molar-refractivity contribution in [3.05, 3.63) is 47.7 Å². The summed E-state index contributed by atoms with van der Waals surface area (Å²) in [5.41, 5.74) is 5.42. The highest BCUT2D eigenvalue weighted by Gasteiger charge is 2.18. The van der Waals surface area contributed by atoms with Gasteiger partial charge in [-0.2, -0.15) is 0 Å². The smallest absolute Gasteiger partial charge is 0.216 e. The highest BCUT2D eigenvalue weighted by molar-refractivity contribution is 14.0. The number of benzene rings is 1. The number of anilines is 1. The molecular formula is C15H19F2IN4O. The molecule has 1 aromatic carbocycles. The van der Waals surface area contributed by atoms with E-state index in [1.807, 2.05) is 20.8 Å². The zero-order valence-corrected chi connectivity index (χ0v) is 15.4. The number of nitrogens with zero attached hydrogens (tertiary/aromatic N) is 2. The summed E-state index contributed by atoms with van der Waals surface area (Å²) in [5, 5.41) is 2.50. The molecule has 0 radical (unpaired) electrons. The van der Waals surface area contributed by atoms with Crippen molar-refractivity contribution in [2.75, 3.05) is 5.32 Å². The van der Waals surface area contributed by atoms with E-state index >= 15 is 0 Å². The summed E-state index contributed by atoms with van der Waals surface area (Å²) in [4.78, 5) is 8.10. The van der Waals surface area contributed by atoms with Crippen LogP contribution in [-0.4, -0.2) is 10.9 Å². The van der Waals surface area contributed by atoms with Gasteiger partial charge in [0.1, 0.15) is 23.9 Å². The number of halogens is 3. The van der Waals surface area contributed by atoms with Gasteiger partial charge >= 0.3 is 0 Å². The number of nitrogens with one attached hydrogen (secondary N) is 1. The molecule has 0 aliphatic carbocycles. The molecule has 0 atom stereocenters. The van der Waals surface area contributed by atoms with Crippen LogP contribution in [0.4, 0.5) is 14.5 Å². The third kappa shape index (κ3) is 5.45. The Bertz CT molecular complexity index is 695. The van der Waals surface area contributed by atoms with Gasteiger partial charge < -0.3 is 15.5 Å². The number of aromatic nitrogens is 1. The van der Waals surface area contributed by atoms with Gasteiger partial charge in [0.2, 0.25) is 5.89 Å². The number of hydrogen-bond acceptors (Lipinski definition) is 3. The van der Waals surface area contributed by atoms with E-state index in [1.165, 1.54) is 0 Å². The average molecular weight is 436 g/mol. The summed E-state index contributed by atoms with van der Waals surface area (Å²) in [6.07, 6.45) is 1.64. The minimum Gasteiger partial charge on any atom is -0.443 e. The molecule has 3 N–H and O–H groups in total. The van der Waals surface area contributed by atoms with Crippen molar-refractivity contribution in [1.29, 1.82) is 0 Å². The maximum Gasteiger partial charge on any atom is 0.216 e. The Hall–Kier alpha value is -1.71. The molecule has 0 aliphatic heterocycles. The third-order valence-corrected chi connectivity index (χ3v) is 2.87. The first kappa shape index (κ1) is 19.3. The largest absolute Gasteiger partial charge is 0.443 e. The number of guanidine groups is 1. The highest BCUT2D eigenvalue weighted by atomic mass is 127. The standard InChI is InChI=1S/C15H18F2N4O.HI/c1-15(2,3)12-7-19-13(22-12)8-20-14(18)21-11-6-9(16)4-5-10(11)17;/h4-7H,8H2,1-3H3,(H3,18,20,21);1H. The molecular weight excluding hydrogens is 417 g/mol. The maximum atomic E-state index is 13.5. The third-order valence-electron chi connectivity index (χ3n) is 2.87. The van der Waals surface area contributed by atoms with Gasteiger partial charge in [-0.1, -0.05) is 20.8 Å². The molecule has 0 fully saturated rings. The molecule has 1 aromatic heterocycles. The molecule has 23 heavy (non-hydrogen) atoms. The monoisotopic (exact) mass is 436 g/mol. The Balaban J connectivity index is 0.00000264. The molecule has 0 saturated heterocycles. The Labute approximate surface area is 150 Å². The first-order chi connectivity index (χ1) is 10.3. The van der Waals surface area contributed by atoms with Crippen molar-refractivity contribution in [2.24, 2.45) is 10.7 Å². The molecule has 2 aromatic rings. The van der Waals surface area contributed by atoms with E-state index in [2.05, 4.69) is 15.3 Å². The van der Waals surface area contributed by atoms with Crippen molar-refractivity contribution in [3.63, 3.8) is 0 Å². The Morgan fingerprint density at radius 2 is 2.04 bits per heavy atom. The summed E-state index contributed by atoms with van der Waals surface area (Å²) in [6.45, 7) is 6.11. The van der Waals surface area contributed by atoms with E-state index in [-0.39, 0.29) is 47.6 Å². The summed E-state index contributed by atoms with van der Waals surface area (Å²) in [7, 11) is 0. The van der Waals surface area contributed by atoms with Crippen LogP contribution in [0.5, 0.6) is 0 Å². The van der Waals surface area contributed by atoms with Crippen LogP contribution in [0.2, 0.25) is 0 Å². The first-order valence-corrected chi connectivity index (χ1v) is 6.73. The van der Waals surface area contributed by atoms with Gasteiger partial charge in [-0.05, 0) is 12.1 Å². The van der Waals surface area contributed by atoms with E-state index in [0.717, 1.165) is 24.0 Å². The molecule has 1 heterocycles. The topological polar surface area (TPSA) is 76.4 Å². The van der Waals surface area contributed by atoms with Gasteiger partial charge in [0, 0.05) is 11.5 Å². The average Bonchev–Trinajstić information content (AvgIpc) is 2.89. The summed E-state index contributed by atoms with van der Waals surface area (Å²) < 4.78 is 32.1. The van der Waals surface area contributed by atoms with Crippen molar-refractivity contribution < 1.29 is 13.2 Å². The zero-order chi connectivity index (χ0) is 16.3. The van der Waals surface area contributed by atoms with E-state index in [9.17, 15) is 8.78 Å². The Kier molecular flexibility index (Phi) is 6.48. The van der Waals surface area contributed by atoms with Gasteiger partial charge in [-0.15, -0.1) is 24.0 Å². The normalized spacial score (nSPS) is 12.0. The van der Waals surface area contributed by atoms with Gasteiger partial charge in [-0.25, -0.2) is 18.8 Å². The molecule has 0 bridgehead atoms. The SMILES string of the molecule is CC(C)(C)c1cnc(CN=C(N)Nc2cc(F)ccc2F)o1.I. The molecule has 0 amide bonds. The van der Waals surface area contributed by atoms with E-state index < -0.39 is 11.6 Å². The lowest BCUT2D eigenvalue weighted by Crippen LogP contribution is -2.23. The predicted molar refractivity (Wildman–Crippen MR) is 95.9 cm³/mol. The van der Waals surface area contributed by atoms with Crippen LogP contribution in [-0.2, 0) is 12.0 Å². The summed E-state index contributed by atoms with van der Waals surface area (Å²) in [5.74, 6) is -0.111. The minimum absolute atomic E-state index is 0. The van der Waals surface area contributed by atoms with Crippen molar-refractivity contribution >= 4 is 35.6 Å². The van der Waals surface area contributed by atoms with Gasteiger partial charge in [0.05, 0.1) is 11.9 Å². The number of nitrogens with two attached hydrogens (primary N) is 1. The fourth-order valence-electron chi connectivity index (χ4n) is 1.65. The number of rotatable bonds is 3. The quantitative estimate of drug-likeness (QED) is 0.436. The molecule has 0 unspecified atom stereocenters. The predicted octanol–water partition coefficient (Wildman–Crippen LogP) is 3.80. The fourth-order valence-corrected chi connectivity index (χ4v) is 1.65. The van der Waals surface area contributed by atoms with E-state index in [1.54, 1.807) is 6.20 Å². The van der Waals surface area contributed by atoms with E-state index in [0.29, 0.717) is 5.89 Å². The summed E-state index contributed by atoms with van der Waals surface area (Å²) in [6, 6.07) is 3.03. The highest BCUT2D eigenvalue weighted by Crippen LogP contribution is 2.22. The van der Waals surface area contributed by atoms with Crippen LogP contribution in [0.15, 0.2) is 33.8 Å². The summed E-state index contributed by atoms with van der Waals surface area (Å²) >= 11 is 0. The molecule has 0 spiro atoms. The molecule has 0 aliphatic rings. The second kappa shape index (κ2) is 7.71. The van der Waals surface area contributed by atoms with Gasteiger partial charge in [-0.3, -0.25) is 0 Å². The van der Waals surface area contributed by atoms with Crippen LogP contribution in [0.25, 0.3) is 0 Å². The molecule has 8 heteroatoms. The molecule has 0 saturated carbocycles. The minimum atomic E-state index is -0.620. The first-order valence-electron chi connectivity index (χ1n) is 6.73. The van der Waals surface area contributed by atoms with Crippen LogP contribution < -0.4 is 11.1 Å². The fraction of sp³-hybridized carbons (Fsp3) is 0.333. The van der Waals surface area contributed by atoms with Crippen LogP contribution in [0.3, 0.4) is 0 Å². The second-order valence-electron chi connectivity index (χ2n) is 5.82. The number of aliphatic imine (C=N–C) groups is 1. The number of oxazole rings is 1. The van der Waals surface area contributed by atoms with Crippen molar-refractivity contribution in [2.45, 2.75) is 32.7 Å². The van der Waals surface area contributed by atoms with Crippen LogP contribution >= 0.6 is 24.0 Å². The lowest BCUT2D eigenvalue weighted by molar-refractivity contribution is 0.383. The zero-order valence-electron chi connectivity index (χ0n) is 13.1. The van der Waals surface area contributed by atoms with Crippen molar-refractivity contribution in [1.82, 2.24) is 4.98 Å². The van der Waals surface area contributed by atoms with Crippen LogP contribution in [0.1, 0.15) is 32.4 Å². The Morgan fingerprint density at radius 1 is 1.35 bits per heavy atom. The Morgan fingerprint density at radius 3 is 2.65 bits per heavy atom. The lowest BCUT2D eigenvalue weighted by atomic mass is 9.94. The van der Waals surface area contributed by atoms with Gasteiger partial charge in [0.25, 0.3) is 0 Å². The molecule has 5 nitrogen and oxygen atoms in total. The molecule has 126 valence electrons. The lowest BCUT2D eigenvalue weighted by Gasteiger charge is -2.12. The van der Waals surface area contributed by atoms with Crippen LogP contribution in [0, 0.1) is 11.6 Å².